The molecule has 0 radical (unpaired) electrons. The second-order valence-electron chi connectivity index (χ2n) is 5.12. The zero-order valence-electron chi connectivity index (χ0n) is 12.7. The van der Waals surface area contributed by atoms with Crippen LogP contribution in [0, 0.1) is 15.9 Å². The van der Waals surface area contributed by atoms with E-state index in [4.69, 9.17) is 0 Å². The van der Waals surface area contributed by atoms with Crippen molar-refractivity contribution in [3.63, 3.8) is 0 Å². The van der Waals surface area contributed by atoms with Crippen LogP contribution in [-0.2, 0) is 0 Å². The Morgan fingerprint density at radius 2 is 2.05 bits per heavy atom. The van der Waals surface area contributed by atoms with E-state index in [1.54, 1.807) is 6.92 Å². The number of halogens is 1. The summed E-state index contributed by atoms with van der Waals surface area (Å²) in [7, 11) is 3.75. The molecule has 0 saturated heterocycles. The van der Waals surface area contributed by atoms with E-state index in [1.807, 2.05) is 25.9 Å². The summed E-state index contributed by atoms with van der Waals surface area (Å²) in [6.45, 7) is 4.64. The number of benzene rings is 1. The molecule has 1 unspecified atom stereocenters. The van der Waals surface area contributed by atoms with E-state index >= 15 is 0 Å². The highest BCUT2D eigenvalue weighted by molar-refractivity contribution is 5.98. The number of nitrogens with zero attached hydrogens (tertiary/aromatic N) is 3. The molecule has 1 rings (SSSR count). The number of hydrogen-bond donors (Lipinski definition) is 0. The van der Waals surface area contributed by atoms with Gasteiger partial charge < -0.3 is 9.80 Å². The second kappa shape index (κ2) is 7.12. The van der Waals surface area contributed by atoms with Crippen molar-refractivity contribution in [1.29, 1.82) is 0 Å². The van der Waals surface area contributed by atoms with Crippen LogP contribution in [0.2, 0.25) is 0 Å². The molecule has 0 bridgehead atoms. The number of nitro benzene ring substituents is 1. The summed E-state index contributed by atoms with van der Waals surface area (Å²) in [6.07, 6.45) is 0. The highest BCUT2D eigenvalue weighted by Crippen LogP contribution is 2.22. The highest BCUT2D eigenvalue weighted by Gasteiger charge is 2.27. The smallest absolute Gasteiger partial charge is 0.282 e. The first-order valence-electron chi connectivity index (χ1n) is 6.67. The fraction of sp³-hybridized carbons (Fsp3) is 0.500. The lowest BCUT2D eigenvalue weighted by Gasteiger charge is -2.30. The lowest BCUT2D eigenvalue weighted by atomic mass is 10.1. The standard InChI is InChI=1S/C14H20FN3O3/c1-5-17(10(2)9-16(3)4)14(19)12-8-11(15)6-7-13(12)18(20)21/h6-8,10H,5,9H2,1-4H3. The molecule has 0 saturated carbocycles. The van der Waals surface area contributed by atoms with Gasteiger partial charge in [0.2, 0.25) is 0 Å². The Morgan fingerprint density at radius 3 is 2.52 bits per heavy atom. The minimum Gasteiger partial charge on any atom is -0.335 e. The lowest BCUT2D eigenvalue weighted by molar-refractivity contribution is -0.385. The first-order chi connectivity index (χ1) is 9.77. The van der Waals surface area contributed by atoms with Crippen LogP contribution in [0.3, 0.4) is 0 Å². The third-order valence-electron chi connectivity index (χ3n) is 3.15. The summed E-state index contributed by atoms with van der Waals surface area (Å²) in [5.41, 5.74) is -0.593. The maximum absolute atomic E-state index is 13.3. The quantitative estimate of drug-likeness (QED) is 0.596. The van der Waals surface area contributed by atoms with Crippen LogP contribution in [-0.4, -0.2) is 53.9 Å². The van der Waals surface area contributed by atoms with Crippen LogP contribution in [0.25, 0.3) is 0 Å². The molecule has 1 aromatic carbocycles. The van der Waals surface area contributed by atoms with Crippen molar-refractivity contribution in [2.75, 3.05) is 27.2 Å². The fourth-order valence-corrected chi connectivity index (χ4v) is 2.28. The lowest BCUT2D eigenvalue weighted by Crippen LogP contribution is -2.43. The maximum Gasteiger partial charge on any atom is 0.282 e. The van der Waals surface area contributed by atoms with E-state index in [9.17, 15) is 19.3 Å². The van der Waals surface area contributed by atoms with Crippen LogP contribution in [0.4, 0.5) is 10.1 Å². The van der Waals surface area contributed by atoms with E-state index in [0.29, 0.717) is 13.1 Å². The average molecular weight is 297 g/mol. The number of carbonyl (C=O) groups excluding carboxylic acids is 1. The average Bonchev–Trinajstić information content (AvgIpc) is 2.37. The third-order valence-corrected chi connectivity index (χ3v) is 3.15. The van der Waals surface area contributed by atoms with Crippen LogP contribution in [0.1, 0.15) is 24.2 Å². The van der Waals surface area contributed by atoms with Gasteiger partial charge in [0.25, 0.3) is 11.6 Å². The Kier molecular flexibility index (Phi) is 5.78. The molecule has 1 aromatic rings. The van der Waals surface area contributed by atoms with Gasteiger partial charge in [-0.2, -0.15) is 0 Å². The molecular formula is C14H20FN3O3. The molecular weight excluding hydrogens is 277 g/mol. The molecule has 0 N–H and O–H groups in total. The number of nitro groups is 1. The van der Waals surface area contributed by atoms with E-state index < -0.39 is 16.6 Å². The molecule has 1 amide bonds. The number of carbonyl (C=O) groups is 1. The van der Waals surface area contributed by atoms with Gasteiger partial charge >= 0.3 is 0 Å². The Balaban J connectivity index is 3.16. The molecule has 1 atom stereocenters. The number of hydrogen-bond acceptors (Lipinski definition) is 4. The summed E-state index contributed by atoms with van der Waals surface area (Å²) < 4.78 is 13.3. The van der Waals surface area contributed by atoms with Gasteiger partial charge in [-0.1, -0.05) is 0 Å². The molecule has 0 fully saturated rings. The predicted molar refractivity (Wildman–Crippen MR) is 77.8 cm³/mol. The maximum atomic E-state index is 13.3. The van der Waals surface area contributed by atoms with Gasteiger partial charge in [0, 0.05) is 25.2 Å². The first kappa shape index (κ1) is 17.0. The largest absolute Gasteiger partial charge is 0.335 e. The summed E-state index contributed by atoms with van der Waals surface area (Å²) >= 11 is 0. The molecule has 0 spiro atoms. The van der Waals surface area contributed by atoms with Gasteiger partial charge in [-0.25, -0.2) is 4.39 Å². The SMILES string of the molecule is CCN(C(=O)c1cc(F)ccc1[N+](=O)[O-])C(C)CN(C)C. The van der Waals surface area contributed by atoms with Crippen LogP contribution < -0.4 is 0 Å². The van der Waals surface area contributed by atoms with Crippen LogP contribution >= 0.6 is 0 Å². The number of rotatable bonds is 6. The van der Waals surface area contributed by atoms with Gasteiger partial charge in [0.1, 0.15) is 11.4 Å². The Labute approximate surface area is 123 Å². The molecule has 0 aliphatic carbocycles. The van der Waals surface area contributed by atoms with E-state index in [1.165, 1.54) is 4.90 Å². The van der Waals surface area contributed by atoms with Crippen LogP contribution in [0.15, 0.2) is 18.2 Å². The van der Waals surface area contributed by atoms with Gasteiger partial charge in [-0.15, -0.1) is 0 Å². The number of likely N-dealkylation sites (N-methyl/N-ethyl adjacent to an activating group) is 2. The van der Waals surface area contributed by atoms with Crippen molar-refractivity contribution < 1.29 is 14.1 Å². The van der Waals surface area contributed by atoms with E-state index in [0.717, 1.165) is 18.2 Å². The van der Waals surface area contributed by atoms with Gasteiger partial charge in [-0.05, 0) is 40.1 Å². The molecule has 116 valence electrons. The van der Waals surface area contributed by atoms with Crippen molar-refractivity contribution in [1.82, 2.24) is 9.80 Å². The molecule has 0 aromatic heterocycles. The van der Waals surface area contributed by atoms with Crippen molar-refractivity contribution in [2.24, 2.45) is 0 Å². The zero-order chi connectivity index (χ0) is 16.2. The predicted octanol–water partition coefficient (Wildman–Crippen LogP) is 2.15. The molecule has 7 heteroatoms. The first-order valence-corrected chi connectivity index (χ1v) is 6.67. The van der Waals surface area contributed by atoms with Gasteiger partial charge in [0.15, 0.2) is 0 Å². The van der Waals surface area contributed by atoms with Crippen molar-refractivity contribution in [3.05, 3.63) is 39.7 Å². The minimum atomic E-state index is -0.670. The van der Waals surface area contributed by atoms with Gasteiger partial charge in [-0.3, -0.25) is 14.9 Å². The van der Waals surface area contributed by atoms with Crippen molar-refractivity contribution in [3.8, 4) is 0 Å². The normalized spacial score (nSPS) is 12.3. The molecule has 6 nitrogen and oxygen atoms in total. The molecule has 0 heterocycles. The van der Waals surface area contributed by atoms with Crippen molar-refractivity contribution in [2.45, 2.75) is 19.9 Å². The molecule has 0 aliphatic heterocycles. The summed E-state index contributed by atoms with van der Waals surface area (Å²) in [5.74, 6) is -1.20. The van der Waals surface area contributed by atoms with Crippen molar-refractivity contribution >= 4 is 11.6 Å². The van der Waals surface area contributed by atoms with Gasteiger partial charge in [0.05, 0.1) is 4.92 Å². The summed E-state index contributed by atoms with van der Waals surface area (Å²) in [5, 5.41) is 11.0. The summed E-state index contributed by atoms with van der Waals surface area (Å²) in [4.78, 5) is 26.3. The van der Waals surface area contributed by atoms with E-state index in [-0.39, 0.29) is 17.3 Å². The highest BCUT2D eigenvalue weighted by atomic mass is 19.1. The minimum absolute atomic E-state index is 0.139. The zero-order valence-corrected chi connectivity index (χ0v) is 12.7. The van der Waals surface area contributed by atoms with Crippen LogP contribution in [0.5, 0.6) is 0 Å². The monoisotopic (exact) mass is 297 g/mol. The molecule has 0 aliphatic rings. The third kappa shape index (κ3) is 4.22. The Bertz CT molecular complexity index is 534. The Hall–Kier alpha value is -2.02. The number of amides is 1. The topological polar surface area (TPSA) is 66.7 Å². The fourth-order valence-electron chi connectivity index (χ4n) is 2.28. The Morgan fingerprint density at radius 1 is 1.43 bits per heavy atom. The molecule has 21 heavy (non-hydrogen) atoms. The summed E-state index contributed by atoms with van der Waals surface area (Å²) in [6, 6.07) is 2.79. The second-order valence-corrected chi connectivity index (χ2v) is 5.12. The van der Waals surface area contributed by atoms with E-state index in [2.05, 4.69) is 0 Å².